The number of aryl methyl sites for hydroxylation is 1. The summed E-state index contributed by atoms with van der Waals surface area (Å²) in [5.74, 6) is -0.309. The molecule has 0 saturated carbocycles. The molecule has 4 nitrogen and oxygen atoms in total. The first-order valence-corrected chi connectivity index (χ1v) is 12.3. The van der Waals surface area contributed by atoms with Crippen LogP contribution in [0.25, 0.3) is 17.0 Å². The van der Waals surface area contributed by atoms with E-state index in [9.17, 15) is 9.59 Å². The highest BCUT2D eigenvalue weighted by atomic mass is 79.9. The monoisotopic (exact) mass is 536 g/mol. The number of carbonyl (C=O) groups is 2. The molecule has 0 N–H and O–H groups in total. The van der Waals surface area contributed by atoms with Gasteiger partial charge >= 0.3 is 0 Å². The van der Waals surface area contributed by atoms with Gasteiger partial charge in [-0.3, -0.25) is 9.59 Å². The fourth-order valence-corrected chi connectivity index (χ4v) is 5.27. The Balaban J connectivity index is 1.55. The Labute approximate surface area is 209 Å². The average molecular weight is 538 g/mol. The van der Waals surface area contributed by atoms with Crippen molar-refractivity contribution in [2.45, 2.75) is 13.5 Å². The number of halogens is 2. The maximum atomic E-state index is 13.1. The van der Waals surface area contributed by atoms with Gasteiger partial charge in [0.1, 0.15) is 0 Å². The van der Waals surface area contributed by atoms with Crippen molar-refractivity contribution < 1.29 is 9.59 Å². The minimum Gasteiger partial charge on any atom is -0.342 e. The molecule has 33 heavy (non-hydrogen) atoms. The number of hydrogen-bond donors (Lipinski definition) is 0. The predicted molar refractivity (Wildman–Crippen MR) is 140 cm³/mol. The maximum absolute atomic E-state index is 13.1. The second-order valence-corrected chi connectivity index (χ2v) is 10.1. The molecule has 0 bridgehead atoms. The van der Waals surface area contributed by atoms with Crippen LogP contribution in [-0.2, 0) is 11.3 Å². The molecule has 2 heterocycles. The molecule has 0 spiro atoms. The Morgan fingerprint density at radius 1 is 1.03 bits per heavy atom. The van der Waals surface area contributed by atoms with Gasteiger partial charge in [0.25, 0.3) is 11.1 Å². The average Bonchev–Trinajstić information content (AvgIpc) is 3.26. The van der Waals surface area contributed by atoms with E-state index in [0.717, 1.165) is 43.8 Å². The summed E-state index contributed by atoms with van der Waals surface area (Å²) in [6, 6.07) is 21.2. The molecule has 1 saturated heterocycles. The third-order valence-corrected chi connectivity index (χ3v) is 7.28. The lowest BCUT2D eigenvalue weighted by atomic mass is 10.1. The van der Waals surface area contributed by atoms with Crippen LogP contribution in [0.5, 0.6) is 0 Å². The van der Waals surface area contributed by atoms with Crippen molar-refractivity contribution in [3.05, 3.63) is 104 Å². The minimum atomic E-state index is -0.309. The molecule has 5 rings (SSSR count). The van der Waals surface area contributed by atoms with E-state index in [1.807, 2.05) is 67.7 Å². The summed E-state index contributed by atoms with van der Waals surface area (Å²) in [6.45, 7) is 2.56. The Bertz CT molecular complexity index is 1440. The maximum Gasteiger partial charge on any atom is 0.298 e. The number of nitrogens with zero attached hydrogens (tertiary/aromatic N) is 2. The third kappa shape index (κ3) is 4.26. The van der Waals surface area contributed by atoms with Crippen LogP contribution >= 0.6 is 39.3 Å². The van der Waals surface area contributed by atoms with Gasteiger partial charge in [-0.05, 0) is 66.7 Å². The number of thioether (sulfide) groups is 1. The number of benzene rings is 3. The van der Waals surface area contributed by atoms with Crippen LogP contribution in [0.15, 0.2) is 82.3 Å². The normalized spacial score (nSPS) is 15.2. The lowest BCUT2D eigenvalue weighted by Gasteiger charge is -2.12. The first-order chi connectivity index (χ1) is 15.9. The summed E-state index contributed by atoms with van der Waals surface area (Å²) < 4.78 is 3.05. The largest absolute Gasteiger partial charge is 0.342 e. The highest BCUT2D eigenvalue weighted by molar-refractivity contribution is 9.10. The fourth-order valence-electron chi connectivity index (χ4n) is 3.88. The van der Waals surface area contributed by atoms with Gasteiger partial charge in [-0.25, -0.2) is 4.90 Å². The van der Waals surface area contributed by atoms with Crippen LogP contribution in [0.2, 0.25) is 5.02 Å². The second kappa shape index (κ2) is 8.86. The van der Waals surface area contributed by atoms with Crippen molar-refractivity contribution in [3.63, 3.8) is 0 Å². The molecule has 1 aliphatic heterocycles. The van der Waals surface area contributed by atoms with Crippen molar-refractivity contribution in [1.82, 2.24) is 4.57 Å². The summed E-state index contributed by atoms with van der Waals surface area (Å²) in [6.07, 6.45) is 3.80. The lowest BCUT2D eigenvalue weighted by Crippen LogP contribution is -2.27. The van der Waals surface area contributed by atoms with E-state index in [2.05, 4.69) is 20.5 Å². The molecule has 4 aromatic rings. The van der Waals surface area contributed by atoms with Crippen LogP contribution in [-0.4, -0.2) is 15.7 Å². The molecular formula is C26H18BrClN2O2S. The quantitative estimate of drug-likeness (QED) is 0.251. The Hall–Kier alpha value is -2.80. The number of rotatable bonds is 4. The fraction of sp³-hybridized carbons (Fsp3) is 0.0769. The number of aromatic nitrogens is 1. The van der Waals surface area contributed by atoms with E-state index < -0.39 is 0 Å². The molecule has 1 aromatic heterocycles. The second-order valence-electron chi connectivity index (χ2n) is 7.82. The number of amides is 2. The third-order valence-electron chi connectivity index (χ3n) is 5.54. The highest BCUT2D eigenvalue weighted by Crippen LogP contribution is 2.37. The highest BCUT2D eigenvalue weighted by Gasteiger charge is 2.36. The van der Waals surface area contributed by atoms with Gasteiger partial charge in [0, 0.05) is 38.7 Å². The van der Waals surface area contributed by atoms with E-state index in [4.69, 9.17) is 11.6 Å². The molecule has 164 valence electrons. The molecule has 0 aliphatic carbocycles. The Morgan fingerprint density at radius 3 is 2.55 bits per heavy atom. The van der Waals surface area contributed by atoms with Gasteiger partial charge in [-0.2, -0.15) is 0 Å². The summed E-state index contributed by atoms with van der Waals surface area (Å²) in [5, 5.41) is 1.40. The number of hydrogen-bond acceptors (Lipinski definition) is 3. The minimum absolute atomic E-state index is 0.295. The number of imide groups is 1. The van der Waals surface area contributed by atoms with Crippen molar-refractivity contribution in [1.29, 1.82) is 0 Å². The summed E-state index contributed by atoms with van der Waals surface area (Å²) in [4.78, 5) is 27.4. The van der Waals surface area contributed by atoms with Gasteiger partial charge < -0.3 is 4.57 Å². The molecular weight excluding hydrogens is 520 g/mol. The molecule has 0 radical (unpaired) electrons. The Kier molecular flexibility index (Phi) is 5.91. The molecule has 2 amide bonds. The molecule has 0 atom stereocenters. The number of fused-ring (bicyclic) bond motifs is 1. The predicted octanol–water partition coefficient (Wildman–Crippen LogP) is 7.65. The standard InChI is InChI=1S/C26H18BrClN2O2S/c1-16-6-9-20(10-7-16)30-25(31)24(33-26(30)32)12-18-15-29(14-17-4-2-3-5-22(17)28)23-11-8-19(27)13-21(18)23/h2-13,15H,14H2,1H3/b24-12-. The van der Waals surface area contributed by atoms with E-state index in [-0.39, 0.29) is 11.1 Å². The molecule has 7 heteroatoms. The topological polar surface area (TPSA) is 42.3 Å². The van der Waals surface area contributed by atoms with E-state index in [0.29, 0.717) is 22.2 Å². The van der Waals surface area contributed by atoms with Crippen LogP contribution in [0.3, 0.4) is 0 Å². The van der Waals surface area contributed by atoms with Crippen LogP contribution in [0, 0.1) is 6.92 Å². The molecule has 1 aliphatic rings. The van der Waals surface area contributed by atoms with Crippen molar-refractivity contribution >= 4 is 73.1 Å². The van der Waals surface area contributed by atoms with Crippen LogP contribution < -0.4 is 4.90 Å². The van der Waals surface area contributed by atoms with Gasteiger partial charge in [0.05, 0.1) is 10.6 Å². The van der Waals surface area contributed by atoms with Crippen molar-refractivity contribution in [2.75, 3.05) is 4.90 Å². The number of carbonyl (C=O) groups excluding carboxylic acids is 2. The van der Waals surface area contributed by atoms with E-state index in [1.54, 1.807) is 18.2 Å². The summed E-state index contributed by atoms with van der Waals surface area (Å²) in [5.41, 5.74) is 4.54. The van der Waals surface area contributed by atoms with Crippen molar-refractivity contribution in [3.8, 4) is 0 Å². The zero-order valence-electron chi connectivity index (χ0n) is 17.6. The lowest BCUT2D eigenvalue weighted by molar-refractivity contribution is -0.113. The smallest absolute Gasteiger partial charge is 0.298 e. The van der Waals surface area contributed by atoms with Gasteiger partial charge in [-0.15, -0.1) is 0 Å². The molecule has 3 aromatic carbocycles. The Morgan fingerprint density at radius 2 is 1.79 bits per heavy atom. The van der Waals surface area contributed by atoms with Gasteiger partial charge in [0.2, 0.25) is 0 Å². The van der Waals surface area contributed by atoms with E-state index >= 15 is 0 Å². The first-order valence-electron chi connectivity index (χ1n) is 10.3. The summed E-state index contributed by atoms with van der Waals surface area (Å²) >= 11 is 10.9. The zero-order chi connectivity index (χ0) is 23.1. The molecule has 0 unspecified atom stereocenters. The zero-order valence-corrected chi connectivity index (χ0v) is 20.7. The van der Waals surface area contributed by atoms with Gasteiger partial charge in [0.15, 0.2) is 0 Å². The SMILES string of the molecule is Cc1ccc(N2C(=O)S/C(=C\c3cn(Cc4ccccc4Cl)c4ccc(Br)cc34)C2=O)cc1. The van der Waals surface area contributed by atoms with Crippen LogP contribution in [0.4, 0.5) is 10.5 Å². The van der Waals surface area contributed by atoms with Crippen molar-refractivity contribution in [2.24, 2.45) is 0 Å². The molecule has 1 fully saturated rings. The first kappa shape index (κ1) is 22.0. The number of anilines is 1. The van der Waals surface area contributed by atoms with Gasteiger partial charge in [-0.1, -0.05) is 63.4 Å². The summed E-state index contributed by atoms with van der Waals surface area (Å²) in [7, 11) is 0. The van der Waals surface area contributed by atoms with Crippen LogP contribution in [0.1, 0.15) is 16.7 Å². The van der Waals surface area contributed by atoms with E-state index in [1.165, 1.54) is 4.90 Å².